The molecule has 0 radical (unpaired) electrons. The maximum absolute atomic E-state index is 9.83. The van der Waals surface area contributed by atoms with E-state index in [0.717, 1.165) is 37.6 Å². The number of aliphatic hydroxyl groups excluding tert-OH is 3. The molecule has 0 aromatic carbocycles. The van der Waals surface area contributed by atoms with Crippen LogP contribution in [0.2, 0.25) is 0 Å². The second-order valence-electron chi connectivity index (χ2n) is 8.06. The molecule has 2 saturated heterocycles. The van der Waals surface area contributed by atoms with Crippen molar-refractivity contribution in [1.82, 2.24) is 15.1 Å². The van der Waals surface area contributed by atoms with Crippen LogP contribution in [0, 0.1) is 5.92 Å². The Morgan fingerprint density at radius 3 is 2.12 bits per heavy atom. The maximum Gasteiger partial charge on any atom is 0.169 e. The zero-order chi connectivity index (χ0) is 17.8. The normalized spacial score (nSPS) is 33.4. The highest BCUT2D eigenvalue weighted by molar-refractivity contribution is 7.80. The van der Waals surface area contributed by atoms with Crippen LogP contribution in [-0.2, 0) is 0 Å². The van der Waals surface area contributed by atoms with Gasteiger partial charge in [0.05, 0.1) is 12.2 Å². The third-order valence-electron chi connectivity index (χ3n) is 6.03. The number of thiocarbonyl (C=S) groups is 1. The molecule has 0 aromatic rings. The van der Waals surface area contributed by atoms with Crippen LogP contribution < -0.4 is 5.32 Å². The van der Waals surface area contributed by atoms with Crippen molar-refractivity contribution in [3.05, 3.63) is 0 Å². The van der Waals surface area contributed by atoms with Crippen molar-refractivity contribution in [2.75, 3.05) is 32.7 Å². The highest BCUT2D eigenvalue weighted by Crippen LogP contribution is 2.22. The molecule has 0 spiro atoms. The van der Waals surface area contributed by atoms with Crippen LogP contribution in [0.5, 0.6) is 0 Å². The fourth-order valence-electron chi connectivity index (χ4n) is 4.42. The Kier molecular flexibility index (Phi) is 6.91. The predicted octanol–water partition coefficient (Wildman–Crippen LogP) is 0.304. The van der Waals surface area contributed by atoms with Gasteiger partial charge >= 0.3 is 0 Å². The summed E-state index contributed by atoms with van der Waals surface area (Å²) in [5.74, 6) is 0.559. The highest BCUT2D eigenvalue weighted by Gasteiger charge is 2.34. The van der Waals surface area contributed by atoms with Gasteiger partial charge in [0.2, 0.25) is 0 Å². The van der Waals surface area contributed by atoms with Gasteiger partial charge in [-0.3, -0.25) is 4.90 Å². The van der Waals surface area contributed by atoms with Crippen molar-refractivity contribution in [2.45, 2.75) is 69.3 Å². The summed E-state index contributed by atoms with van der Waals surface area (Å²) in [7, 11) is 0. The molecule has 0 bridgehead atoms. The van der Waals surface area contributed by atoms with Gasteiger partial charge in [-0.25, -0.2) is 0 Å². The van der Waals surface area contributed by atoms with Gasteiger partial charge in [-0.1, -0.05) is 19.3 Å². The van der Waals surface area contributed by atoms with Gasteiger partial charge in [0, 0.05) is 38.8 Å². The number of hydrogen-bond donors (Lipinski definition) is 4. The number of rotatable bonds is 3. The second kappa shape index (κ2) is 8.95. The van der Waals surface area contributed by atoms with Gasteiger partial charge in [0.15, 0.2) is 5.11 Å². The summed E-state index contributed by atoms with van der Waals surface area (Å²) >= 11 is 5.61. The molecule has 1 aliphatic carbocycles. The molecule has 1 unspecified atom stereocenters. The van der Waals surface area contributed by atoms with Crippen LogP contribution in [0.4, 0.5) is 0 Å². The van der Waals surface area contributed by atoms with E-state index in [-0.39, 0.29) is 0 Å². The Morgan fingerprint density at radius 1 is 0.920 bits per heavy atom. The summed E-state index contributed by atoms with van der Waals surface area (Å²) in [6.45, 7) is 3.72. The van der Waals surface area contributed by atoms with E-state index in [1.165, 1.54) is 32.1 Å². The van der Waals surface area contributed by atoms with E-state index in [4.69, 9.17) is 12.2 Å². The lowest BCUT2D eigenvalue weighted by Crippen LogP contribution is -2.56. The van der Waals surface area contributed by atoms with Crippen molar-refractivity contribution in [3.63, 3.8) is 0 Å². The maximum atomic E-state index is 9.83. The average Bonchev–Trinajstić information content (AvgIpc) is 2.61. The van der Waals surface area contributed by atoms with Gasteiger partial charge in [-0.05, 0) is 43.8 Å². The molecule has 7 heteroatoms. The lowest BCUT2D eigenvalue weighted by atomic mass is 9.94. The summed E-state index contributed by atoms with van der Waals surface area (Å²) in [6.07, 6.45) is 5.90. The molecule has 0 aromatic heterocycles. The molecule has 3 aliphatic rings. The van der Waals surface area contributed by atoms with Gasteiger partial charge in [0.25, 0.3) is 0 Å². The van der Waals surface area contributed by atoms with E-state index in [0.29, 0.717) is 25.0 Å². The van der Waals surface area contributed by atoms with E-state index in [9.17, 15) is 15.3 Å². The smallest absolute Gasteiger partial charge is 0.169 e. The first kappa shape index (κ1) is 19.3. The Hall–Kier alpha value is -0.470. The third kappa shape index (κ3) is 5.26. The Labute approximate surface area is 156 Å². The van der Waals surface area contributed by atoms with E-state index in [2.05, 4.69) is 15.1 Å². The first-order chi connectivity index (χ1) is 12.0. The molecule has 25 heavy (non-hydrogen) atoms. The lowest BCUT2D eigenvalue weighted by molar-refractivity contribution is -0.112. The van der Waals surface area contributed by atoms with Crippen molar-refractivity contribution in [3.8, 4) is 0 Å². The minimum absolute atomic E-state index is 0.445. The number of likely N-dealkylation sites (tertiary alicyclic amines) is 2. The molecule has 144 valence electrons. The first-order valence-corrected chi connectivity index (χ1v) is 10.3. The number of β-amino-alcohol motifs (C(OH)–C–C–N with tert-alkyl or cyclic N) is 2. The van der Waals surface area contributed by atoms with Crippen LogP contribution in [0.3, 0.4) is 0 Å². The number of piperidine rings is 2. The Balaban J connectivity index is 1.39. The summed E-state index contributed by atoms with van der Waals surface area (Å²) < 4.78 is 0. The fraction of sp³-hybridized carbons (Fsp3) is 0.944. The molecule has 2 heterocycles. The molecule has 3 fully saturated rings. The Bertz CT molecular complexity index is 427. The fourth-order valence-corrected chi connectivity index (χ4v) is 4.77. The quantitative estimate of drug-likeness (QED) is 0.532. The number of aliphatic hydroxyl groups is 3. The van der Waals surface area contributed by atoms with E-state index in [1.807, 2.05) is 0 Å². The number of nitrogens with one attached hydrogen (secondary N) is 1. The minimum atomic E-state index is -1.01. The zero-order valence-electron chi connectivity index (χ0n) is 15.0. The first-order valence-electron chi connectivity index (χ1n) is 9.85. The van der Waals surface area contributed by atoms with Crippen LogP contribution in [0.1, 0.15) is 44.9 Å². The van der Waals surface area contributed by atoms with Crippen molar-refractivity contribution in [2.24, 2.45) is 5.92 Å². The van der Waals surface area contributed by atoms with Crippen molar-refractivity contribution >= 4 is 17.3 Å². The van der Waals surface area contributed by atoms with E-state index < -0.39 is 18.3 Å². The highest BCUT2D eigenvalue weighted by atomic mass is 32.1. The predicted molar refractivity (Wildman–Crippen MR) is 101 cm³/mol. The van der Waals surface area contributed by atoms with Gasteiger partial charge in [-0.15, -0.1) is 0 Å². The topological polar surface area (TPSA) is 79.2 Å². The van der Waals surface area contributed by atoms with Gasteiger partial charge in [0.1, 0.15) is 6.10 Å². The molecule has 4 N–H and O–H groups in total. The molecular weight excluding hydrogens is 338 g/mol. The summed E-state index contributed by atoms with van der Waals surface area (Å²) in [5, 5.41) is 33.8. The van der Waals surface area contributed by atoms with Crippen molar-refractivity contribution in [1.29, 1.82) is 0 Å². The summed E-state index contributed by atoms with van der Waals surface area (Å²) in [5.41, 5.74) is 0. The van der Waals surface area contributed by atoms with Crippen LogP contribution in [-0.4, -0.2) is 87.3 Å². The largest absolute Gasteiger partial charge is 0.389 e. The molecule has 1 saturated carbocycles. The molecule has 3 rings (SSSR count). The summed E-state index contributed by atoms with van der Waals surface area (Å²) in [6, 6.07) is 0.557. The second-order valence-corrected chi connectivity index (χ2v) is 8.45. The van der Waals surface area contributed by atoms with Crippen LogP contribution >= 0.6 is 12.2 Å². The van der Waals surface area contributed by atoms with Gasteiger partial charge in [-0.2, -0.15) is 0 Å². The summed E-state index contributed by atoms with van der Waals surface area (Å²) in [4.78, 5) is 4.38. The van der Waals surface area contributed by atoms with E-state index in [1.54, 1.807) is 0 Å². The number of hydrogen-bond acceptors (Lipinski definition) is 5. The molecule has 6 nitrogen and oxygen atoms in total. The molecule has 3 atom stereocenters. The Morgan fingerprint density at radius 2 is 1.52 bits per heavy atom. The van der Waals surface area contributed by atoms with Crippen molar-refractivity contribution < 1.29 is 15.3 Å². The van der Waals surface area contributed by atoms with E-state index >= 15 is 0 Å². The van der Waals surface area contributed by atoms with Crippen LogP contribution in [0.25, 0.3) is 0 Å². The molecule has 2 aliphatic heterocycles. The third-order valence-corrected chi connectivity index (χ3v) is 6.41. The standard InChI is InChI=1S/C18H33N3O3S/c22-15-11-20(12-16(23)17(15)24)10-13-6-8-21(9-7-13)18(25)19-14-4-2-1-3-5-14/h13-17,22-24H,1-12H2,(H,19,25)/t15-,16+,17?. The average molecular weight is 372 g/mol. The molecule has 0 amide bonds. The van der Waals surface area contributed by atoms with Gasteiger partial charge < -0.3 is 25.5 Å². The lowest BCUT2D eigenvalue weighted by Gasteiger charge is -2.41. The van der Waals surface area contributed by atoms with Crippen LogP contribution in [0.15, 0.2) is 0 Å². The zero-order valence-corrected chi connectivity index (χ0v) is 15.8. The number of nitrogens with zero attached hydrogens (tertiary/aromatic N) is 2. The minimum Gasteiger partial charge on any atom is -0.389 e. The SMILES string of the molecule is OC1[C@H](O)CN(CC2CCN(C(=S)NC3CCCCC3)CC2)C[C@@H]1O. The molecular formula is C18H33N3O3S. The monoisotopic (exact) mass is 371 g/mol.